The minimum Gasteiger partial charge on any atom is -0.383 e. The van der Waals surface area contributed by atoms with Gasteiger partial charge in [-0.2, -0.15) is 10.5 Å². The summed E-state index contributed by atoms with van der Waals surface area (Å²) in [7, 11) is 1.57. The molecule has 0 aliphatic rings. The van der Waals surface area contributed by atoms with Gasteiger partial charge in [0.1, 0.15) is 11.6 Å². The average Bonchev–Trinajstić information content (AvgIpc) is 2.46. The Balaban J connectivity index is 3.05. The molecule has 0 N–H and O–H groups in total. The molecule has 0 unspecified atom stereocenters. The molecule has 0 spiro atoms. The van der Waals surface area contributed by atoms with Crippen LogP contribution in [-0.2, 0) is 4.74 Å². The lowest BCUT2D eigenvalue weighted by Gasteiger charge is -2.23. The molecule has 0 aromatic heterocycles. The quantitative estimate of drug-likeness (QED) is 0.555. The van der Waals surface area contributed by atoms with Crippen LogP contribution in [0.25, 0.3) is 0 Å². The van der Waals surface area contributed by atoms with Gasteiger partial charge in [0, 0.05) is 32.0 Å². The molecule has 0 saturated heterocycles. The zero-order valence-corrected chi connectivity index (χ0v) is 11.1. The first kappa shape index (κ1) is 15.4. The number of rotatable bonds is 7. The summed E-state index contributed by atoms with van der Waals surface area (Å²) < 4.78 is 4.99. The predicted octanol–water partition coefficient (Wildman–Crippen LogP) is 1.83. The van der Waals surface area contributed by atoms with Crippen LogP contribution in [-0.4, -0.2) is 31.7 Å². The van der Waals surface area contributed by atoms with E-state index in [1.807, 2.05) is 17.0 Å². The van der Waals surface area contributed by atoms with Crippen molar-refractivity contribution in [2.45, 2.75) is 6.42 Å². The smallest absolute Gasteiger partial charge is 0.287 e. The van der Waals surface area contributed by atoms with Gasteiger partial charge in [0.25, 0.3) is 5.69 Å². The van der Waals surface area contributed by atoms with Crippen LogP contribution in [0.3, 0.4) is 0 Å². The topological polar surface area (TPSA) is 103 Å². The Morgan fingerprint density at radius 3 is 2.70 bits per heavy atom. The maximum atomic E-state index is 10.8. The Bertz CT molecular complexity index is 560. The van der Waals surface area contributed by atoms with Crippen LogP contribution in [0.15, 0.2) is 18.2 Å². The molecule has 7 heteroatoms. The van der Waals surface area contributed by atoms with Crippen molar-refractivity contribution in [3.05, 3.63) is 33.9 Å². The van der Waals surface area contributed by atoms with E-state index in [1.165, 1.54) is 12.1 Å². The monoisotopic (exact) mass is 274 g/mol. The van der Waals surface area contributed by atoms with Crippen LogP contribution >= 0.6 is 0 Å². The molecule has 0 amide bonds. The first-order chi connectivity index (χ1) is 9.63. The third-order valence-electron chi connectivity index (χ3n) is 2.72. The second-order valence-corrected chi connectivity index (χ2v) is 3.96. The fourth-order valence-corrected chi connectivity index (χ4v) is 1.73. The molecule has 0 radical (unpaired) electrons. The van der Waals surface area contributed by atoms with Gasteiger partial charge in [-0.15, -0.1) is 0 Å². The van der Waals surface area contributed by atoms with Crippen LogP contribution in [0.2, 0.25) is 0 Å². The van der Waals surface area contributed by atoms with Crippen molar-refractivity contribution >= 4 is 11.4 Å². The van der Waals surface area contributed by atoms with Crippen LogP contribution in [0.1, 0.15) is 12.0 Å². The Kier molecular flexibility index (Phi) is 5.95. The minimum absolute atomic E-state index is 0.00637. The van der Waals surface area contributed by atoms with Crippen molar-refractivity contribution < 1.29 is 9.66 Å². The van der Waals surface area contributed by atoms with E-state index in [-0.39, 0.29) is 11.3 Å². The fraction of sp³-hybridized carbons (Fsp3) is 0.385. The predicted molar refractivity (Wildman–Crippen MR) is 72.1 cm³/mol. The number of hydrogen-bond donors (Lipinski definition) is 0. The molecule has 7 nitrogen and oxygen atoms in total. The average molecular weight is 274 g/mol. The van der Waals surface area contributed by atoms with E-state index in [2.05, 4.69) is 0 Å². The summed E-state index contributed by atoms with van der Waals surface area (Å²) >= 11 is 0. The molecule has 20 heavy (non-hydrogen) atoms. The first-order valence-electron chi connectivity index (χ1n) is 5.93. The lowest BCUT2D eigenvalue weighted by molar-refractivity contribution is -0.385. The maximum absolute atomic E-state index is 10.8. The van der Waals surface area contributed by atoms with Crippen molar-refractivity contribution in [2.24, 2.45) is 0 Å². The normalized spacial score (nSPS) is 9.55. The molecule has 0 fully saturated rings. The highest BCUT2D eigenvalue weighted by atomic mass is 16.6. The Morgan fingerprint density at radius 2 is 2.15 bits per heavy atom. The molecule has 0 saturated carbocycles. The van der Waals surface area contributed by atoms with Gasteiger partial charge in [0.05, 0.1) is 24.0 Å². The second kappa shape index (κ2) is 7.72. The largest absolute Gasteiger partial charge is 0.383 e. The van der Waals surface area contributed by atoms with E-state index in [0.717, 1.165) is 0 Å². The van der Waals surface area contributed by atoms with E-state index in [9.17, 15) is 10.1 Å². The zero-order valence-electron chi connectivity index (χ0n) is 11.1. The summed E-state index contributed by atoms with van der Waals surface area (Å²) in [5.74, 6) is 0. The van der Waals surface area contributed by atoms with Crippen LogP contribution in [0.4, 0.5) is 11.4 Å². The summed E-state index contributed by atoms with van der Waals surface area (Å²) in [6, 6.07) is 8.21. The number of nitro groups is 1. The van der Waals surface area contributed by atoms with Gasteiger partial charge < -0.3 is 9.64 Å². The number of nitro benzene ring substituents is 1. The Morgan fingerprint density at radius 1 is 1.40 bits per heavy atom. The molecule has 1 aromatic rings. The van der Waals surface area contributed by atoms with Crippen LogP contribution in [0.5, 0.6) is 0 Å². The van der Waals surface area contributed by atoms with E-state index in [1.54, 1.807) is 13.2 Å². The lowest BCUT2D eigenvalue weighted by atomic mass is 10.1. The molecule has 1 rings (SSSR count). The van der Waals surface area contributed by atoms with Crippen molar-refractivity contribution in [1.29, 1.82) is 10.5 Å². The molecule has 1 aromatic carbocycles. The molecular formula is C13H14N4O3. The van der Waals surface area contributed by atoms with Gasteiger partial charge in [0.15, 0.2) is 0 Å². The SMILES string of the molecule is COCCN(CCC#N)c1ccc([N+](=O)[O-])c(C#N)c1. The van der Waals surface area contributed by atoms with Gasteiger partial charge in [-0.25, -0.2) is 0 Å². The highest BCUT2D eigenvalue weighted by molar-refractivity contribution is 5.59. The summed E-state index contributed by atoms with van der Waals surface area (Å²) in [6.45, 7) is 1.48. The number of ether oxygens (including phenoxy) is 1. The van der Waals surface area contributed by atoms with Crippen molar-refractivity contribution in [3.8, 4) is 12.1 Å². The van der Waals surface area contributed by atoms with E-state index in [0.29, 0.717) is 31.8 Å². The van der Waals surface area contributed by atoms with Gasteiger partial charge in [-0.3, -0.25) is 10.1 Å². The highest BCUT2D eigenvalue weighted by Crippen LogP contribution is 2.24. The van der Waals surface area contributed by atoms with Crippen LogP contribution in [0, 0.1) is 32.8 Å². The minimum atomic E-state index is -0.586. The summed E-state index contributed by atoms with van der Waals surface area (Å²) in [5, 5.41) is 28.4. The standard InChI is InChI=1S/C13H14N4O3/c1-20-8-7-16(6-2-5-14)12-3-4-13(17(18)19)11(9-12)10-15/h3-4,9H,2,6-8H2,1H3. The molecule has 104 valence electrons. The van der Waals surface area contributed by atoms with Gasteiger partial charge in [0.2, 0.25) is 0 Å². The molecular weight excluding hydrogens is 260 g/mol. The highest BCUT2D eigenvalue weighted by Gasteiger charge is 2.16. The number of nitrogens with zero attached hydrogens (tertiary/aromatic N) is 4. The third kappa shape index (κ3) is 3.94. The van der Waals surface area contributed by atoms with E-state index >= 15 is 0 Å². The number of benzene rings is 1. The van der Waals surface area contributed by atoms with E-state index < -0.39 is 4.92 Å². The molecule has 0 heterocycles. The molecule has 0 bridgehead atoms. The molecule has 0 aliphatic heterocycles. The maximum Gasteiger partial charge on any atom is 0.287 e. The number of nitriles is 2. The van der Waals surface area contributed by atoms with Gasteiger partial charge in [-0.1, -0.05) is 0 Å². The van der Waals surface area contributed by atoms with Crippen molar-refractivity contribution in [1.82, 2.24) is 0 Å². The molecule has 0 aliphatic carbocycles. The third-order valence-corrected chi connectivity index (χ3v) is 2.72. The van der Waals surface area contributed by atoms with E-state index in [4.69, 9.17) is 15.3 Å². The number of anilines is 1. The Hall–Kier alpha value is -2.64. The summed E-state index contributed by atoms with van der Waals surface area (Å²) in [4.78, 5) is 12.1. The van der Waals surface area contributed by atoms with Crippen molar-refractivity contribution in [3.63, 3.8) is 0 Å². The van der Waals surface area contributed by atoms with Gasteiger partial charge >= 0.3 is 0 Å². The summed E-state index contributed by atoms with van der Waals surface area (Å²) in [5.41, 5.74) is 0.453. The fourth-order valence-electron chi connectivity index (χ4n) is 1.73. The second-order valence-electron chi connectivity index (χ2n) is 3.96. The lowest BCUT2D eigenvalue weighted by Crippen LogP contribution is -2.28. The van der Waals surface area contributed by atoms with Gasteiger partial charge in [-0.05, 0) is 12.1 Å². The number of hydrogen-bond acceptors (Lipinski definition) is 6. The zero-order chi connectivity index (χ0) is 15.0. The first-order valence-corrected chi connectivity index (χ1v) is 5.93. The van der Waals surface area contributed by atoms with Crippen LogP contribution < -0.4 is 4.90 Å². The number of methoxy groups -OCH3 is 1. The van der Waals surface area contributed by atoms with Crippen molar-refractivity contribution in [2.75, 3.05) is 31.7 Å². The summed E-state index contributed by atoms with van der Waals surface area (Å²) in [6.07, 6.45) is 0.322. The molecule has 0 atom stereocenters. The Labute approximate surface area is 116 Å².